The number of thiazole rings is 1. The summed E-state index contributed by atoms with van der Waals surface area (Å²) in [5.41, 5.74) is 3.60. The summed E-state index contributed by atoms with van der Waals surface area (Å²) in [5, 5.41) is 3.24. The first kappa shape index (κ1) is 16.4. The van der Waals surface area contributed by atoms with E-state index >= 15 is 0 Å². The molecule has 3 aromatic carbocycles. The van der Waals surface area contributed by atoms with Crippen molar-refractivity contribution >= 4 is 32.6 Å². The van der Waals surface area contributed by atoms with Gasteiger partial charge >= 0.3 is 0 Å². The number of amides is 1. The standard InChI is InChI=1S/C21H15FN2OS/c22-17-10-11-18-19(13-17)26-21(23-18)24-20(25)16-8-6-15(7-9-16)12-14-4-2-1-3-5-14/h1-11,13H,12H2,(H,23,24,25). The summed E-state index contributed by atoms with van der Waals surface area (Å²) in [4.78, 5) is 16.7. The lowest BCUT2D eigenvalue weighted by Gasteiger charge is -2.04. The molecule has 3 nitrogen and oxygen atoms in total. The Hall–Kier alpha value is -3.05. The Morgan fingerprint density at radius 2 is 1.69 bits per heavy atom. The van der Waals surface area contributed by atoms with Crippen LogP contribution in [0.2, 0.25) is 0 Å². The number of fused-ring (bicyclic) bond motifs is 1. The van der Waals surface area contributed by atoms with E-state index in [1.807, 2.05) is 30.3 Å². The van der Waals surface area contributed by atoms with Crippen molar-refractivity contribution in [1.82, 2.24) is 4.98 Å². The zero-order chi connectivity index (χ0) is 17.9. The Bertz CT molecular complexity index is 1060. The lowest BCUT2D eigenvalue weighted by atomic mass is 10.0. The molecule has 26 heavy (non-hydrogen) atoms. The maximum absolute atomic E-state index is 13.3. The normalized spacial score (nSPS) is 10.8. The van der Waals surface area contributed by atoms with Gasteiger partial charge in [0.1, 0.15) is 5.82 Å². The minimum Gasteiger partial charge on any atom is -0.298 e. The molecule has 0 aliphatic carbocycles. The highest BCUT2D eigenvalue weighted by Crippen LogP contribution is 2.26. The SMILES string of the molecule is O=C(Nc1nc2ccc(F)cc2s1)c1ccc(Cc2ccccc2)cc1. The van der Waals surface area contributed by atoms with Crippen LogP contribution >= 0.6 is 11.3 Å². The van der Waals surface area contributed by atoms with Crippen molar-refractivity contribution < 1.29 is 9.18 Å². The highest BCUT2D eigenvalue weighted by atomic mass is 32.1. The van der Waals surface area contributed by atoms with Crippen molar-refractivity contribution in [3.63, 3.8) is 0 Å². The summed E-state index contributed by atoms with van der Waals surface area (Å²) < 4.78 is 14.0. The van der Waals surface area contributed by atoms with E-state index in [4.69, 9.17) is 0 Å². The first-order valence-corrected chi connectivity index (χ1v) is 8.99. The molecule has 1 amide bonds. The van der Waals surface area contributed by atoms with Crippen molar-refractivity contribution in [2.75, 3.05) is 5.32 Å². The summed E-state index contributed by atoms with van der Waals surface area (Å²) >= 11 is 1.26. The molecule has 1 heterocycles. The maximum Gasteiger partial charge on any atom is 0.257 e. The zero-order valence-corrected chi connectivity index (χ0v) is 14.6. The van der Waals surface area contributed by atoms with Crippen molar-refractivity contribution in [1.29, 1.82) is 0 Å². The Morgan fingerprint density at radius 1 is 0.962 bits per heavy atom. The molecule has 0 aliphatic heterocycles. The van der Waals surface area contributed by atoms with E-state index in [0.29, 0.717) is 20.9 Å². The molecule has 0 unspecified atom stereocenters. The van der Waals surface area contributed by atoms with Gasteiger partial charge in [-0.05, 0) is 47.9 Å². The molecule has 0 fully saturated rings. The lowest BCUT2D eigenvalue weighted by Crippen LogP contribution is -2.11. The molecule has 1 aromatic heterocycles. The van der Waals surface area contributed by atoms with Crippen LogP contribution in [0.15, 0.2) is 72.8 Å². The maximum atomic E-state index is 13.3. The molecule has 0 spiro atoms. The number of halogens is 1. The smallest absolute Gasteiger partial charge is 0.257 e. The van der Waals surface area contributed by atoms with E-state index in [0.717, 1.165) is 12.0 Å². The topological polar surface area (TPSA) is 42.0 Å². The van der Waals surface area contributed by atoms with Gasteiger partial charge < -0.3 is 0 Å². The molecule has 4 rings (SSSR count). The Labute approximate surface area is 154 Å². The molecule has 0 aliphatic rings. The molecule has 1 N–H and O–H groups in total. The van der Waals surface area contributed by atoms with Gasteiger partial charge in [-0.15, -0.1) is 0 Å². The summed E-state index contributed by atoms with van der Waals surface area (Å²) in [6.45, 7) is 0. The second kappa shape index (κ2) is 7.06. The van der Waals surface area contributed by atoms with E-state index in [1.54, 1.807) is 18.2 Å². The first-order valence-electron chi connectivity index (χ1n) is 8.18. The molecule has 5 heteroatoms. The third-order valence-electron chi connectivity index (χ3n) is 4.04. The third-order valence-corrected chi connectivity index (χ3v) is 4.97. The number of carbonyl (C=O) groups excluding carboxylic acids is 1. The number of hydrogen-bond donors (Lipinski definition) is 1. The van der Waals surface area contributed by atoms with Crippen LogP contribution in [0.25, 0.3) is 10.2 Å². The average molecular weight is 362 g/mol. The molecule has 128 valence electrons. The van der Waals surface area contributed by atoms with E-state index in [9.17, 15) is 9.18 Å². The second-order valence-corrected chi connectivity index (χ2v) is 6.98. The predicted octanol–water partition coefficient (Wildman–Crippen LogP) is 5.28. The van der Waals surface area contributed by atoms with Gasteiger partial charge in [0.15, 0.2) is 5.13 Å². The zero-order valence-electron chi connectivity index (χ0n) is 13.8. The number of carbonyl (C=O) groups is 1. The van der Waals surface area contributed by atoms with Gasteiger partial charge in [-0.2, -0.15) is 0 Å². The fourth-order valence-corrected chi connectivity index (χ4v) is 3.61. The molecule has 0 bridgehead atoms. The Kier molecular flexibility index (Phi) is 4.46. The van der Waals surface area contributed by atoms with Crippen LogP contribution < -0.4 is 5.32 Å². The van der Waals surface area contributed by atoms with Gasteiger partial charge in [0.25, 0.3) is 5.91 Å². The van der Waals surface area contributed by atoms with Gasteiger partial charge in [0.2, 0.25) is 0 Å². The first-order chi connectivity index (χ1) is 12.7. The van der Waals surface area contributed by atoms with Gasteiger partial charge in [-0.1, -0.05) is 53.8 Å². The molecule has 4 aromatic rings. The van der Waals surface area contributed by atoms with E-state index in [-0.39, 0.29) is 11.7 Å². The van der Waals surface area contributed by atoms with Crippen molar-refractivity contribution in [3.8, 4) is 0 Å². The molecule has 0 saturated carbocycles. The Morgan fingerprint density at radius 3 is 2.46 bits per heavy atom. The lowest BCUT2D eigenvalue weighted by molar-refractivity contribution is 0.102. The van der Waals surface area contributed by atoms with Crippen LogP contribution in [0.5, 0.6) is 0 Å². The number of hydrogen-bond acceptors (Lipinski definition) is 3. The summed E-state index contributed by atoms with van der Waals surface area (Å²) in [6, 6.07) is 22.1. The van der Waals surface area contributed by atoms with E-state index in [2.05, 4.69) is 22.4 Å². The minimum atomic E-state index is -0.312. The van der Waals surface area contributed by atoms with Crippen molar-refractivity contribution in [2.24, 2.45) is 0 Å². The van der Waals surface area contributed by atoms with E-state index < -0.39 is 0 Å². The van der Waals surface area contributed by atoms with Crippen LogP contribution in [-0.2, 0) is 6.42 Å². The monoisotopic (exact) mass is 362 g/mol. The number of benzene rings is 3. The van der Waals surface area contributed by atoms with Gasteiger partial charge in [0, 0.05) is 5.56 Å². The molecular formula is C21H15FN2OS. The number of nitrogens with zero attached hydrogens (tertiary/aromatic N) is 1. The largest absolute Gasteiger partial charge is 0.298 e. The van der Waals surface area contributed by atoms with E-state index in [1.165, 1.54) is 29.0 Å². The fourth-order valence-electron chi connectivity index (χ4n) is 2.73. The summed E-state index contributed by atoms with van der Waals surface area (Å²) in [7, 11) is 0. The Balaban J connectivity index is 1.47. The van der Waals surface area contributed by atoms with Crippen molar-refractivity contribution in [3.05, 3.63) is 95.3 Å². The minimum absolute atomic E-state index is 0.226. The third kappa shape index (κ3) is 3.63. The second-order valence-electron chi connectivity index (χ2n) is 5.94. The van der Waals surface area contributed by atoms with Crippen LogP contribution in [0.1, 0.15) is 21.5 Å². The number of rotatable bonds is 4. The fraction of sp³-hybridized carbons (Fsp3) is 0.0476. The molecule has 0 atom stereocenters. The van der Waals surface area contributed by atoms with Crippen LogP contribution in [0.4, 0.5) is 9.52 Å². The molecular weight excluding hydrogens is 347 g/mol. The van der Waals surface area contributed by atoms with Gasteiger partial charge in [0.05, 0.1) is 10.2 Å². The van der Waals surface area contributed by atoms with Crippen molar-refractivity contribution in [2.45, 2.75) is 6.42 Å². The summed E-state index contributed by atoms with van der Waals surface area (Å²) in [6.07, 6.45) is 0.826. The quantitative estimate of drug-likeness (QED) is 0.537. The molecule has 0 saturated heterocycles. The number of anilines is 1. The van der Waals surface area contributed by atoms with Crippen LogP contribution in [-0.4, -0.2) is 10.9 Å². The predicted molar refractivity (Wildman–Crippen MR) is 103 cm³/mol. The number of aromatic nitrogens is 1. The van der Waals surface area contributed by atoms with Crippen LogP contribution in [0, 0.1) is 5.82 Å². The highest BCUT2D eigenvalue weighted by Gasteiger charge is 2.10. The number of nitrogens with one attached hydrogen (secondary N) is 1. The average Bonchev–Trinajstić information content (AvgIpc) is 3.04. The van der Waals surface area contributed by atoms with Gasteiger partial charge in [-0.25, -0.2) is 9.37 Å². The molecule has 0 radical (unpaired) electrons. The summed E-state index contributed by atoms with van der Waals surface area (Å²) in [5.74, 6) is -0.538. The van der Waals surface area contributed by atoms with Gasteiger partial charge in [-0.3, -0.25) is 10.1 Å². The highest BCUT2D eigenvalue weighted by molar-refractivity contribution is 7.22. The van der Waals surface area contributed by atoms with Crippen LogP contribution in [0.3, 0.4) is 0 Å².